The van der Waals surface area contributed by atoms with Crippen LogP contribution in [0.4, 0.5) is 0 Å². The Bertz CT molecular complexity index is 1190. The van der Waals surface area contributed by atoms with Gasteiger partial charge in [0.15, 0.2) is 6.10 Å². The number of benzene rings is 3. The lowest BCUT2D eigenvalue weighted by Gasteiger charge is -2.10. The molecular formula is C24H19N3O4. The molecule has 0 N–H and O–H groups in total. The summed E-state index contributed by atoms with van der Waals surface area (Å²) in [6, 6.07) is 24.8. The quantitative estimate of drug-likeness (QED) is 0.418. The van der Waals surface area contributed by atoms with Gasteiger partial charge in [0.25, 0.3) is 0 Å². The van der Waals surface area contributed by atoms with Crippen LogP contribution in [0, 0.1) is 6.92 Å². The van der Waals surface area contributed by atoms with Crippen LogP contribution in [0.2, 0.25) is 0 Å². The molecule has 0 amide bonds. The normalized spacial score (nSPS) is 15.3. The second-order valence-corrected chi connectivity index (χ2v) is 7.02. The van der Waals surface area contributed by atoms with Crippen molar-refractivity contribution in [2.24, 2.45) is 5.16 Å². The Morgan fingerprint density at radius 2 is 1.45 bits per heavy atom. The minimum Gasteiger partial charge on any atom is -0.457 e. The first kappa shape index (κ1) is 18.9. The van der Waals surface area contributed by atoms with Crippen molar-refractivity contribution in [3.05, 3.63) is 90.3 Å². The van der Waals surface area contributed by atoms with Gasteiger partial charge in [-0.3, -0.25) is 0 Å². The predicted molar refractivity (Wildman–Crippen MR) is 114 cm³/mol. The SMILES string of the molecule is Cc1nnc(-c2ccc(OC3=NO[C@@H](c4ccc(Oc5ccccc5)cc4)C3)cc2)o1. The zero-order chi connectivity index (χ0) is 21.0. The van der Waals surface area contributed by atoms with Gasteiger partial charge in [0.2, 0.25) is 17.7 Å². The maximum atomic E-state index is 5.86. The molecule has 5 rings (SSSR count). The molecule has 0 fully saturated rings. The van der Waals surface area contributed by atoms with Gasteiger partial charge in [-0.1, -0.05) is 35.5 Å². The van der Waals surface area contributed by atoms with E-state index in [1.54, 1.807) is 6.92 Å². The zero-order valence-electron chi connectivity index (χ0n) is 16.8. The van der Waals surface area contributed by atoms with Crippen LogP contribution in [0.25, 0.3) is 11.5 Å². The number of aromatic nitrogens is 2. The van der Waals surface area contributed by atoms with Gasteiger partial charge in [-0.05, 0) is 54.1 Å². The molecule has 0 unspecified atom stereocenters. The average Bonchev–Trinajstić information content (AvgIpc) is 3.45. The lowest BCUT2D eigenvalue weighted by molar-refractivity contribution is 0.0855. The number of rotatable bonds is 5. The van der Waals surface area contributed by atoms with Crippen LogP contribution < -0.4 is 9.47 Å². The zero-order valence-corrected chi connectivity index (χ0v) is 16.8. The summed E-state index contributed by atoms with van der Waals surface area (Å²) in [4.78, 5) is 5.57. The highest BCUT2D eigenvalue weighted by Gasteiger charge is 2.24. The van der Waals surface area contributed by atoms with Gasteiger partial charge in [-0.25, -0.2) is 0 Å². The molecule has 3 aromatic carbocycles. The number of aryl methyl sites for hydroxylation is 1. The maximum absolute atomic E-state index is 5.86. The Hall–Kier alpha value is -4.13. The molecular weight excluding hydrogens is 394 g/mol. The minimum atomic E-state index is -0.193. The highest BCUT2D eigenvalue weighted by Crippen LogP contribution is 2.31. The molecule has 2 heterocycles. The fourth-order valence-electron chi connectivity index (χ4n) is 3.18. The van der Waals surface area contributed by atoms with Gasteiger partial charge >= 0.3 is 0 Å². The van der Waals surface area contributed by atoms with E-state index in [0.29, 0.717) is 29.8 Å². The molecule has 31 heavy (non-hydrogen) atoms. The minimum absolute atomic E-state index is 0.193. The third kappa shape index (κ3) is 4.40. The fraction of sp³-hybridized carbons (Fsp3) is 0.125. The van der Waals surface area contributed by atoms with Crippen LogP contribution in [-0.4, -0.2) is 16.1 Å². The highest BCUT2D eigenvalue weighted by atomic mass is 16.7. The molecule has 0 bridgehead atoms. The molecule has 7 nitrogen and oxygen atoms in total. The molecule has 1 aromatic heterocycles. The molecule has 154 valence electrons. The Morgan fingerprint density at radius 1 is 0.774 bits per heavy atom. The van der Waals surface area contributed by atoms with Gasteiger partial charge in [0.05, 0.1) is 6.42 Å². The van der Waals surface area contributed by atoms with Crippen LogP contribution in [0.1, 0.15) is 24.0 Å². The number of hydrogen-bond donors (Lipinski definition) is 0. The monoisotopic (exact) mass is 413 g/mol. The second-order valence-electron chi connectivity index (χ2n) is 7.02. The van der Waals surface area contributed by atoms with Gasteiger partial charge in [-0.15, -0.1) is 10.2 Å². The van der Waals surface area contributed by atoms with Gasteiger partial charge < -0.3 is 18.7 Å². The first-order chi connectivity index (χ1) is 15.2. The lowest BCUT2D eigenvalue weighted by atomic mass is 10.1. The van der Waals surface area contributed by atoms with E-state index in [2.05, 4.69) is 15.4 Å². The average molecular weight is 413 g/mol. The molecule has 0 radical (unpaired) electrons. The summed E-state index contributed by atoms with van der Waals surface area (Å²) < 4.78 is 17.1. The van der Waals surface area contributed by atoms with E-state index < -0.39 is 0 Å². The van der Waals surface area contributed by atoms with Crippen molar-refractivity contribution >= 4 is 5.90 Å². The number of hydrogen-bond acceptors (Lipinski definition) is 7. The summed E-state index contributed by atoms with van der Waals surface area (Å²) >= 11 is 0. The third-order valence-electron chi connectivity index (χ3n) is 4.74. The van der Waals surface area contributed by atoms with Gasteiger partial charge in [0.1, 0.15) is 17.2 Å². The standard InChI is InChI=1S/C24H19N3O4/c1-16-25-26-24(28-16)18-9-13-21(14-10-18)30-23-15-22(31-27-23)17-7-11-20(12-8-17)29-19-5-3-2-4-6-19/h2-14,22H,15H2,1H3/t22-/m1/s1. The molecule has 0 aliphatic carbocycles. The molecule has 4 aromatic rings. The summed E-state index contributed by atoms with van der Waals surface area (Å²) in [6.45, 7) is 1.76. The maximum Gasteiger partial charge on any atom is 0.247 e. The number of nitrogens with zero attached hydrogens (tertiary/aromatic N) is 3. The Kier molecular flexibility index (Phi) is 5.06. The Balaban J connectivity index is 1.18. The lowest BCUT2D eigenvalue weighted by Crippen LogP contribution is -2.07. The van der Waals surface area contributed by atoms with E-state index in [4.69, 9.17) is 18.7 Å². The van der Waals surface area contributed by atoms with Crippen LogP contribution in [0.3, 0.4) is 0 Å². The largest absolute Gasteiger partial charge is 0.457 e. The van der Waals surface area contributed by atoms with E-state index >= 15 is 0 Å². The second kappa shape index (κ2) is 8.31. The highest BCUT2D eigenvalue weighted by molar-refractivity contribution is 5.80. The first-order valence-electron chi connectivity index (χ1n) is 9.87. The molecule has 0 saturated heterocycles. The third-order valence-corrected chi connectivity index (χ3v) is 4.74. The molecule has 1 atom stereocenters. The molecule has 7 heteroatoms. The summed E-state index contributed by atoms with van der Waals surface area (Å²) in [5.41, 5.74) is 1.83. The van der Waals surface area contributed by atoms with E-state index in [1.165, 1.54) is 0 Å². The first-order valence-corrected chi connectivity index (χ1v) is 9.87. The van der Waals surface area contributed by atoms with E-state index in [1.807, 2.05) is 78.9 Å². The molecule has 0 spiro atoms. The van der Waals surface area contributed by atoms with Crippen LogP contribution in [0.5, 0.6) is 17.2 Å². The summed E-state index contributed by atoms with van der Waals surface area (Å²) in [7, 11) is 0. The smallest absolute Gasteiger partial charge is 0.247 e. The molecule has 0 saturated carbocycles. The number of oxime groups is 1. The van der Waals surface area contributed by atoms with E-state index in [9.17, 15) is 0 Å². The summed E-state index contributed by atoms with van der Waals surface area (Å²) in [5, 5.41) is 11.9. The number of para-hydroxylation sites is 1. The van der Waals surface area contributed by atoms with Crippen molar-refractivity contribution in [2.75, 3.05) is 0 Å². The summed E-state index contributed by atoms with van der Waals surface area (Å²) in [5.74, 6) is 3.75. The van der Waals surface area contributed by atoms with Crippen molar-refractivity contribution in [1.29, 1.82) is 0 Å². The van der Waals surface area contributed by atoms with Crippen molar-refractivity contribution < 1.29 is 18.7 Å². The van der Waals surface area contributed by atoms with E-state index in [0.717, 1.165) is 22.6 Å². The van der Waals surface area contributed by atoms with Crippen molar-refractivity contribution in [2.45, 2.75) is 19.4 Å². The number of ether oxygens (including phenoxy) is 2. The van der Waals surface area contributed by atoms with Crippen molar-refractivity contribution in [3.8, 4) is 28.7 Å². The molecule has 1 aliphatic rings. The Morgan fingerprint density at radius 3 is 2.16 bits per heavy atom. The summed E-state index contributed by atoms with van der Waals surface area (Å²) in [6.07, 6.45) is 0.352. The van der Waals surface area contributed by atoms with Crippen molar-refractivity contribution in [3.63, 3.8) is 0 Å². The van der Waals surface area contributed by atoms with Crippen LogP contribution in [-0.2, 0) is 4.84 Å². The predicted octanol–water partition coefficient (Wildman–Crippen LogP) is 5.69. The topological polar surface area (TPSA) is 79.0 Å². The fourth-order valence-corrected chi connectivity index (χ4v) is 3.18. The van der Waals surface area contributed by atoms with Crippen LogP contribution in [0.15, 0.2) is 88.4 Å². The van der Waals surface area contributed by atoms with E-state index in [-0.39, 0.29) is 6.10 Å². The Labute approximate surface area is 178 Å². The van der Waals surface area contributed by atoms with Gasteiger partial charge in [-0.2, -0.15) is 0 Å². The molecule has 1 aliphatic heterocycles. The van der Waals surface area contributed by atoms with Crippen LogP contribution >= 0.6 is 0 Å². The van der Waals surface area contributed by atoms with Crippen molar-refractivity contribution in [1.82, 2.24) is 10.2 Å². The van der Waals surface area contributed by atoms with Gasteiger partial charge in [0, 0.05) is 12.5 Å².